The SMILES string of the molecule is O=C(c1cccc(CN2CCOCC2)c1)N1CCN(Cc2ccc3c(c2)CCO3)CC1. The molecule has 1 amide bonds. The molecule has 31 heavy (non-hydrogen) atoms. The summed E-state index contributed by atoms with van der Waals surface area (Å²) in [6.07, 6.45) is 1.01. The number of carbonyl (C=O) groups excluding carboxylic acids is 1. The summed E-state index contributed by atoms with van der Waals surface area (Å²) in [6.45, 7) is 9.49. The largest absolute Gasteiger partial charge is 0.493 e. The van der Waals surface area contributed by atoms with Gasteiger partial charge in [-0.15, -0.1) is 0 Å². The average molecular weight is 422 g/mol. The predicted octanol–water partition coefficient (Wildman–Crippen LogP) is 2.41. The lowest BCUT2D eigenvalue weighted by atomic mass is 10.1. The Balaban J connectivity index is 1.15. The van der Waals surface area contributed by atoms with E-state index in [2.05, 4.69) is 40.1 Å². The molecule has 2 aromatic rings. The molecule has 0 unspecified atom stereocenters. The second kappa shape index (κ2) is 9.39. The predicted molar refractivity (Wildman–Crippen MR) is 119 cm³/mol. The van der Waals surface area contributed by atoms with Crippen molar-refractivity contribution in [2.24, 2.45) is 0 Å². The average Bonchev–Trinajstić information content (AvgIpc) is 3.28. The summed E-state index contributed by atoms with van der Waals surface area (Å²) in [6, 6.07) is 14.7. The first-order chi connectivity index (χ1) is 15.2. The van der Waals surface area contributed by atoms with E-state index in [9.17, 15) is 4.79 Å². The Morgan fingerprint density at radius 3 is 2.35 bits per heavy atom. The smallest absolute Gasteiger partial charge is 0.253 e. The fourth-order valence-electron chi connectivity index (χ4n) is 4.71. The molecule has 0 radical (unpaired) electrons. The minimum Gasteiger partial charge on any atom is -0.493 e. The molecule has 164 valence electrons. The summed E-state index contributed by atoms with van der Waals surface area (Å²) < 4.78 is 11.0. The van der Waals surface area contributed by atoms with Crippen LogP contribution >= 0.6 is 0 Å². The standard InChI is InChI=1S/C25H31N3O3/c29-25(23-3-1-2-20(17-23)18-27-11-14-30-15-12-27)28-9-7-26(8-10-28)19-21-4-5-24-22(16-21)6-13-31-24/h1-5,16-17H,6-15,18-19H2. The van der Waals surface area contributed by atoms with Crippen LogP contribution in [0.5, 0.6) is 5.75 Å². The van der Waals surface area contributed by atoms with Gasteiger partial charge in [-0.2, -0.15) is 0 Å². The lowest BCUT2D eigenvalue weighted by Gasteiger charge is -2.35. The van der Waals surface area contributed by atoms with Crippen LogP contribution in [0.1, 0.15) is 27.0 Å². The van der Waals surface area contributed by atoms with E-state index >= 15 is 0 Å². The van der Waals surface area contributed by atoms with Crippen molar-refractivity contribution in [1.82, 2.24) is 14.7 Å². The van der Waals surface area contributed by atoms with Gasteiger partial charge in [0.1, 0.15) is 5.75 Å². The lowest BCUT2D eigenvalue weighted by Crippen LogP contribution is -2.48. The van der Waals surface area contributed by atoms with Gasteiger partial charge in [0.25, 0.3) is 5.91 Å². The van der Waals surface area contributed by atoms with Crippen LogP contribution in [0.15, 0.2) is 42.5 Å². The molecule has 6 heteroatoms. The molecule has 0 atom stereocenters. The zero-order valence-corrected chi connectivity index (χ0v) is 18.1. The maximum Gasteiger partial charge on any atom is 0.253 e. The maximum absolute atomic E-state index is 13.1. The highest BCUT2D eigenvalue weighted by Gasteiger charge is 2.23. The van der Waals surface area contributed by atoms with Crippen molar-refractivity contribution in [1.29, 1.82) is 0 Å². The van der Waals surface area contributed by atoms with E-state index in [1.165, 1.54) is 16.7 Å². The lowest BCUT2D eigenvalue weighted by molar-refractivity contribution is 0.0341. The first kappa shape index (κ1) is 20.5. The van der Waals surface area contributed by atoms with Crippen LogP contribution in [0.3, 0.4) is 0 Å². The number of rotatable bonds is 5. The number of hydrogen-bond acceptors (Lipinski definition) is 5. The van der Waals surface area contributed by atoms with Crippen LogP contribution in [0, 0.1) is 0 Å². The van der Waals surface area contributed by atoms with Crippen molar-refractivity contribution in [2.75, 3.05) is 59.1 Å². The normalized spacial score (nSPS) is 19.8. The molecule has 2 saturated heterocycles. The van der Waals surface area contributed by atoms with Gasteiger partial charge in [-0.05, 0) is 34.9 Å². The van der Waals surface area contributed by atoms with Gasteiger partial charge >= 0.3 is 0 Å². The summed E-state index contributed by atoms with van der Waals surface area (Å²) in [5.41, 5.74) is 4.66. The molecule has 3 heterocycles. The van der Waals surface area contributed by atoms with Crippen LogP contribution in [-0.4, -0.2) is 79.7 Å². The zero-order valence-electron chi connectivity index (χ0n) is 18.1. The van der Waals surface area contributed by atoms with Gasteiger partial charge in [0.15, 0.2) is 0 Å². The third-order valence-corrected chi connectivity index (χ3v) is 6.50. The number of ether oxygens (including phenoxy) is 2. The Morgan fingerprint density at radius 1 is 0.806 bits per heavy atom. The highest BCUT2D eigenvalue weighted by atomic mass is 16.5. The minimum atomic E-state index is 0.151. The van der Waals surface area contributed by atoms with Gasteiger partial charge in [0.2, 0.25) is 0 Å². The monoisotopic (exact) mass is 421 g/mol. The van der Waals surface area contributed by atoms with E-state index in [1.54, 1.807) is 0 Å². The molecule has 0 N–H and O–H groups in total. The van der Waals surface area contributed by atoms with Crippen molar-refractivity contribution in [3.05, 3.63) is 64.7 Å². The van der Waals surface area contributed by atoms with Crippen LogP contribution < -0.4 is 4.74 Å². The van der Waals surface area contributed by atoms with E-state index < -0.39 is 0 Å². The highest BCUT2D eigenvalue weighted by Crippen LogP contribution is 2.26. The van der Waals surface area contributed by atoms with Crippen molar-refractivity contribution < 1.29 is 14.3 Å². The molecule has 0 aromatic heterocycles. The Bertz CT molecular complexity index is 918. The van der Waals surface area contributed by atoms with Crippen molar-refractivity contribution in [2.45, 2.75) is 19.5 Å². The molecule has 3 aliphatic rings. The molecule has 6 nitrogen and oxygen atoms in total. The number of amides is 1. The maximum atomic E-state index is 13.1. The molecule has 0 bridgehead atoms. The molecule has 2 aromatic carbocycles. The van der Waals surface area contributed by atoms with Gasteiger partial charge in [-0.3, -0.25) is 14.6 Å². The van der Waals surface area contributed by atoms with E-state index in [4.69, 9.17) is 9.47 Å². The van der Waals surface area contributed by atoms with E-state index in [0.29, 0.717) is 0 Å². The number of benzene rings is 2. The van der Waals surface area contributed by atoms with Crippen LogP contribution in [0.2, 0.25) is 0 Å². The van der Waals surface area contributed by atoms with Crippen LogP contribution in [0.4, 0.5) is 0 Å². The quantitative estimate of drug-likeness (QED) is 0.742. The number of piperazine rings is 1. The van der Waals surface area contributed by atoms with E-state index in [0.717, 1.165) is 89.9 Å². The molecule has 5 rings (SSSR count). The van der Waals surface area contributed by atoms with Gasteiger partial charge in [-0.25, -0.2) is 0 Å². The summed E-state index contributed by atoms with van der Waals surface area (Å²) in [5.74, 6) is 1.19. The van der Waals surface area contributed by atoms with Crippen molar-refractivity contribution in [3.63, 3.8) is 0 Å². The zero-order chi connectivity index (χ0) is 21.0. The highest BCUT2D eigenvalue weighted by molar-refractivity contribution is 5.94. The molecule has 0 saturated carbocycles. The van der Waals surface area contributed by atoms with E-state index in [1.807, 2.05) is 17.0 Å². The second-order valence-corrected chi connectivity index (χ2v) is 8.70. The second-order valence-electron chi connectivity index (χ2n) is 8.70. The summed E-state index contributed by atoms with van der Waals surface area (Å²) in [4.78, 5) is 19.9. The summed E-state index contributed by atoms with van der Waals surface area (Å²) in [5, 5.41) is 0. The third-order valence-electron chi connectivity index (χ3n) is 6.50. The Morgan fingerprint density at radius 2 is 1.55 bits per heavy atom. The number of morpholine rings is 1. The van der Waals surface area contributed by atoms with Crippen molar-refractivity contribution >= 4 is 5.91 Å². The number of carbonyl (C=O) groups is 1. The number of nitrogens with zero attached hydrogens (tertiary/aromatic N) is 3. The Labute approximate surface area is 184 Å². The minimum absolute atomic E-state index is 0.151. The van der Waals surface area contributed by atoms with Crippen molar-refractivity contribution in [3.8, 4) is 5.75 Å². The molecule has 0 aliphatic carbocycles. The molecule has 0 spiro atoms. The number of fused-ring (bicyclic) bond motifs is 1. The molecular weight excluding hydrogens is 390 g/mol. The third kappa shape index (κ3) is 4.92. The van der Waals surface area contributed by atoms with Gasteiger partial charge in [0.05, 0.1) is 19.8 Å². The fourth-order valence-corrected chi connectivity index (χ4v) is 4.71. The van der Waals surface area contributed by atoms with E-state index in [-0.39, 0.29) is 5.91 Å². The fraction of sp³-hybridized carbons (Fsp3) is 0.480. The summed E-state index contributed by atoms with van der Waals surface area (Å²) >= 11 is 0. The Hall–Kier alpha value is -2.41. The van der Waals surface area contributed by atoms with Gasteiger partial charge < -0.3 is 14.4 Å². The van der Waals surface area contributed by atoms with Crippen LogP contribution in [-0.2, 0) is 24.2 Å². The van der Waals surface area contributed by atoms with Gasteiger partial charge in [0, 0.05) is 64.3 Å². The first-order valence-electron chi connectivity index (χ1n) is 11.4. The van der Waals surface area contributed by atoms with Gasteiger partial charge in [-0.1, -0.05) is 24.3 Å². The van der Waals surface area contributed by atoms with Crippen LogP contribution in [0.25, 0.3) is 0 Å². The molecule has 3 aliphatic heterocycles. The summed E-state index contributed by atoms with van der Waals surface area (Å²) in [7, 11) is 0. The topological polar surface area (TPSA) is 45.2 Å². The molecular formula is C25H31N3O3. The number of hydrogen-bond donors (Lipinski definition) is 0. The molecule has 2 fully saturated rings. The first-order valence-corrected chi connectivity index (χ1v) is 11.4. The Kier molecular flexibility index (Phi) is 6.20.